The molecule has 0 N–H and O–H groups in total. The Kier molecular flexibility index (Phi) is 3.86. The topological polar surface area (TPSA) is 34.1 Å². The van der Waals surface area contributed by atoms with Crippen LogP contribution in [0, 0.1) is 0 Å². The van der Waals surface area contributed by atoms with Crippen LogP contribution < -0.4 is 0 Å². The maximum Gasteiger partial charge on any atom is 0.377 e. The highest BCUT2D eigenvalue weighted by atomic mass is 32.2. The molecule has 0 heterocycles. The van der Waals surface area contributed by atoms with Gasteiger partial charge in [0.25, 0.3) is 0 Å². The van der Waals surface area contributed by atoms with E-state index < -0.39 is 26.7 Å². The normalized spacial score (nSPS) is 13.1. The first-order chi connectivity index (χ1) is 7.72. The van der Waals surface area contributed by atoms with E-state index in [1.165, 1.54) is 12.1 Å². The smallest absolute Gasteiger partial charge is 0.243 e. The molecular weight excluding hydrogens is 253 g/mol. The summed E-state index contributed by atoms with van der Waals surface area (Å²) in [5.41, 5.74) is 0.826. The fourth-order valence-corrected chi connectivity index (χ4v) is 2.26. The molecule has 1 rings (SSSR count). The molecule has 6 heteroatoms. The molecular formula is C11H13F3O2S. The van der Waals surface area contributed by atoms with E-state index >= 15 is 0 Å². The van der Waals surface area contributed by atoms with E-state index in [0.29, 0.717) is 0 Å². The summed E-state index contributed by atoms with van der Waals surface area (Å²) in [7, 11) is -4.94. The van der Waals surface area contributed by atoms with Crippen molar-refractivity contribution >= 4 is 9.84 Å². The standard InChI is InChI=1S/C11H13F3O2S/c1-8(2)9-3-5-10(6-4-9)17(15,16)11(13,14)7-12/h3-6,8H,7H2,1-2H3. The molecule has 0 saturated carbocycles. The minimum Gasteiger partial charge on any atom is -0.243 e. The van der Waals surface area contributed by atoms with E-state index in [2.05, 4.69) is 0 Å². The van der Waals surface area contributed by atoms with Crippen LogP contribution >= 0.6 is 0 Å². The second-order valence-corrected chi connectivity index (χ2v) is 6.07. The van der Waals surface area contributed by atoms with E-state index in [1.807, 2.05) is 13.8 Å². The van der Waals surface area contributed by atoms with Gasteiger partial charge in [-0.3, -0.25) is 0 Å². The van der Waals surface area contributed by atoms with Crippen LogP contribution in [0.25, 0.3) is 0 Å². The SMILES string of the molecule is CC(C)c1ccc(S(=O)(=O)C(F)(F)CF)cc1. The van der Waals surface area contributed by atoms with Crippen molar-refractivity contribution < 1.29 is 21.6 Å². The van der Waals surface area contributed by atoms with Gasteiger partial charge < -0.3 is 0 Å². The van der Waals surface area contributed by atoms with Gasteiger partial charge in [0.15, 0.2) is 6.67 Å². The summed E-state index contributed by atoms with van der Waals surface area (Å²) in [5, 5.41) is -4.37. The minimum absolute atomic E-state index is 0.161. The number of benzene rings is 1. The van der Waals surface area contributed by atoms with Gasteiger partial charge in [-0.05, 0) is 23.6 Å². The lowest BCUT2D eigenvalue weighted by molar-refractivity contribution is 0.0620. The quantitative estimate of drug-likeness (QED) is 0.839. The lowest BCUT2D eigenvalue weighted by Crippen LogP contribution is -2.31. The third-order valence-electron chi connectivity index (χ3n) is 2.41. The van der Waals surface area contributed by atoms with Crippen molar-refractivity contribution in [3.63, 3.8) is 0 Å². The Hall–Kier alpha value is -1.04. The summed E-state index contributed by atoms with van der Waals surface area (Å²) < 4.78 is 60.6. The highest BCUT2D eigenvalue weighted by Gasteiger charge is 2.46. The van der Waals surface area contributed by atoms with Gasteiger partial charge in [-0.15, -0.1) is 0 Å². The zero-order valence-electron chi connectivity index (χ0n) is 9.45. The van der Waals surface area contributed by atoms with Gasteiger partial charge in [0.2, 0.25) is 9.84 Å². The molecule has 2 nitrogen and oxygen atoms in total. The minimum atomic E-state index is -4.94. The Morgan fingerprint density at radius 1 is 1.18 bits per heavy atom. The van der Waals surface area contributed by atoms with Crippen molar-refractivity contribution in [3.05, 3.63) is 29.8 Å². The van der Waals surface area contributed by atoms with Gasteiger partial charge in [0.05, 0.1) is 4.90 Å². The van der Waals surface area contributed by atoms with E-state index in [1.54, 1.807) is 0 Å². The molecule has 0 saturated heterocycles. The molecule has 0 atom stereocenters. The number of alkyl halides is 3. The zero-order chi connectivity index (χ0) is 13.3. The Balaban J connectivity index is 3.18. The van der Waals surface area contributed by atoms with Gasteiger partial charge in [-0.25, -0.2) is 12.8 Å². The summed E-state index contributed by atoms with van der Waals surface area (Å²) in [4.78, 5) is -0.565. The molecule has 0 aliphatic heterocycles. The Morgan fingerprint density at radius 2 is 1.65 bits per heavy atom. The lowest BCUT2D eigenvalue weighted by Gasteiger charge is -2.14. The van der Waals surface area contributed by atoms with Crippen molar-refractivity contribution in [3.8, 4) is 0 Å². The highest BCUT2D eigenvalue weighted by molar-refractivity contribution is 7.92. The third kappa shape index (κ3) is 2.62. The predicted octanol–water partition coefficient (Wildman–Crippen LogP) is 3.15. The van der Waals surface area contributed by atoms with Crippen molar-refractivity contribution in [1.29, 1.82) is 0 Å². The molecule has 1 aromatic rings. The Bertz CT molecular complexity index is 478. The van der Waals surface area contributed by atoms with Crippen LogP contribution in [0.3, 0.4) is 0 Å². The van der Waals surface area contributed by atoms with Crippen molar-refractivity contribution in [2.24, 2.45) is 0 Å². The molecule has 0 aromatic heterocycles. The van der Waals surface area contributed by atoms with Crippen molar-refractivity contribution in [1.82, 2.24) is 0 Å². The summed E-state index contributed by atoms with van der Waals surface area (Å²) in [6, 6.07) is 5.06. The summed E-state index contributed by atoms with van der Waals surface area (Å²) in [6.07, 6.45) is 0. The fraction of sp³-hybridized carbons (Fsp3) is 0.455. The first kappa shape index (κ1) is 14.0. The molecule has 0 unspecified atom stereocenters. The van der Waals surface area contributed by atoms with Crippen LogP contribution in [0.15, 0.2) is 29.2 Å². The van der Waals surface area contributed by atoms with Crippen LogP contribution in [0.1, 0.15) is 25.3 Å². The van der Waals surface area contributed by atoms with Crippen molar-refractivity contribution in [2.45, 2.75) is 29.9 Å². The first-order valence-electron chi connectivity index (χ1n) is 5.01. The van der Waals surface area contributed by atoms with Crippen LogP contribution in [0.4, 0.5) is 13.2 Å². The van der Waals surface area contributed by atoms with Crippen LogP contribution in [-0.2, 0) is 9.84 Å². The molecule has 96 valence electrons. The maximum absolute atomic E-state index is 12.9. The zero-order valence-corrected chi connectivity index (χ0v) is 10.3. The van der Waals surface area contributed by atoms with Gasteiger partial charge in [0, 0.05) is 0 Å². The average molecular weight is 266 g/mol. The average Bonchev–Trinajstić information content (AvgIpc) is 2.28. The maximum atomic E-state index is 12.9. The molecule has 0 fully saturated rings. The number of hydrogen-bond donors (Lipinski definition) is 0. The highest BCUT2D eigenvalue weighted by Crippen LogP contribution is 2.30. The van der Waals surface area contributed by atoms with Crippen LogP contribution in [0.2, 0.25) is 0 Å². The summed E-state index contributed by atoms with van der Waals surface area (Å²) in [6.45, 7) is 1.56. The lowest BCUT2D eigenvalue weighted by atomic mass is 10.0. The Morgan fingerprint density at radius 3 is 2.00 bits per heavy atom. The van der Waals surface area contributed by atoms with Gasteiger partial charge in [-0.1, -0.05) is 26.0 Å². The van der Waals surface area contributed by atoms with Gasteiger partial charge >= 0.3 is 5.25 Å². The molecule has 0 aliphatic carbocycles. The van der Waals surface area contributed by atoms with Gasteiger partial charge in [0.1, 0.15) is 0 Å². The molecule has 0 aliphatic rings. The summed E-state index contributed by atoms with van der Waals surface area (Å²) >= 11 is 0. The third-order valence-corrected chi connectivity index (χ3v) is 4.19. The van der Waals surface area contributed by atoms with Crippen LogP contribution in [0.5, 0.6) is 0 Å². The summed E-state index contributed by atoms with van der Waals surface area (Å²) in [5.74, 6) is 0.161. The van der Waals surface area contributed by atoms with E-state index in [4.69, 9.17) is 0 Å². The predicted molar refractivity (Wildman–Crippen MR) is 58.6 cm³/mol. The van der Waals surface area contributed by atoms with E-state index in [0.717, 1.165) is 17.7 Å². The monoisotopic (exact) mass is 266 g/mol. The molecule has 0 radical (unpaired) electrons. The Labute approximate surface area is 98.4 Å². The van der Waals surface area contributed by atoms with Gasteiger partial charge in [-0.2, -0.15) is 8.78 Å². The molecule has 17 heavy (non-hydrogen) atoms. The number of rotatable bonds is 4. The second-order valence-electron chi connectivity index (χ2n) is 4.00. The molecule has 1 aromatic carbocycles. The van der Waals surface area contributed by atoms with E-state index in [-0.39, 0.29) is 5.92 Å². The first-order valence-corrected chi connectivity index (χ1v) is 6.49. The fourth-order valence-electron chi connectivity index (χ4n) is 1.28. The van der Waals surface area contributed by atoms with Crippen molar-refractivity contribution in [2.75, 3.05) is 6.67 Å². The number of sulfone groups is 1. The largest absolute Gasteiger partial charge is 0.377 e. The van der Waals surface area contributed by atoms with E-state index in [9.17, 15) is 21.6 Å². The number of hydrogen-bond acceptors (Lipinski definition) is 2. The molecule has 0 spiro atoms. The van der Waals surface area contributed by atoms with Crippen LogP contribution in [-0.4, -0.2) is 20.3 Å². The number of halogens is 3. The molecule has 0 amide bonds. The second kappa shape index (κ2) is 4.68. The molecule has 0 bridgehead atoms.